The van der Waals surface area contributed by atoms with Crippen molar-refractivity contribution in [1.82, 2.24) is 15.6 Å². The average molecular weight is 271 g/mol. The van der Waals surface area contributed by atoms with Crippen LogP contribution in [-0.2, 0) is 4.74 Å². The van der Waals surface area contributed by atoms with E-state index in [0.29, 0.717) is 18.7 Å². The van der Waals surface area contributed by atoms with Crippen LogP contribution in [0.5, 0.6) is 0 Å². The Labute approximate surface area is 117 Å². The fourth-order valence-electron chi connectivity index (χ4n) is 2.35. The van der Waals surface area contributed by atoms with Crippen LogP contribution in [0.1, 0.15) is 10.4 Å². The van der Waals surface area contributed by atoms with Crippen LogP contribution in [0.3, 0.4) is 0 Å². The molecule has 20 heavy (non-hydrogen) atoms. The predicted octanol–water partition coefficient (Wildman–Crippen LogP) is 0.953. The van der Waals surface area contributed by atoms with Gasteiger partial charge in [0.15, 0.2) is 0 Å². The van der Waals surface area contributed by atoms with Crippen molar-refractivity contribution in [2.24, 2.45) is 0 Å². The standard InChI is InChI=1S/C15H17N3O2/c19-15(18-9-12-10-20-8-7-16-12)13-5-1-3-11-4-2-6-17-14(11)13/h1-6,12,16H,7-10H2,(H,18,19). The number of fused-ring (bicyclic) bond motifs is 1. The van der Waals surface area contributed by atoms with Crippen molar-refractivity contribution in [3.63, 3.8) is 0 Å². The predicted molar refractivity (Wildman–Crippen MR) is 76.7 cm³/mol. The molecule has 5 heteroatoms. The lowest BCUT2D eigenvalue weighted by atomic mass is 10.1. The van der Waals surface area contributed by atoms with E-state index in [4.69, 9.17) is 4.74 Å². The molecule has 0 spiro atoms. The summed E-state index contributed by atoms with van der Waals surface area (Å²) in [5.41, 5.74) is 1.35. The van der Waals surface area contributed by atoms with E-state index in [0.717, 1.165) is 24.1 Å². The molecule has 0 radical (unpaired) electrons. The van der Waals surface area contributed by atoms with Gasteiger partial charge in [-0.3, -0.25) is 9.78 Å². The molecule has 1 atom stereocenters. The van der Waals surface area contributed by atoms with E-state index in [1.807, 2.05) is 24.3 Å². The van der Waals surface area contributed by atoms with Crippen LogP contribution in [0.25, 0.3) is 10.9 Å². The maximum atomic E-state index is 12.3. The molecule has 0 bridgehead atoms. The molecule has 5 nitrogen and oxygen atoms in total. The molecule has 1 aliphatic rings. The van der Waals surface area contributed by atoms with Gasteiger partial charge in [0.1, 0.15) is 0 Å². The van der Waals surface area contributed by atoms with Crippen LogP contribution in [0.4, 0.5) is 0 Å². The van der Waals surface area contributed by atoms with Crippen molar-refractivity contribution < 1.29 is 9.53 Å². The van der Waals surface area contributed by atoms with Crippen LogP contribution in [0.2, 0.25) is 0 Å². The number of ether oxygens (including phenoxy) is 1. The second-order valence-corrected chi connectivity index (χ2v) is 4.82. The van der Waals surface area contributed by atoms with E-state index in [9.17, 15) is 4.79 Å². The minimum atomic E-state index is -0.0957. The first kappa shape index (κ1) is 13.0. The number of nitrogens with one attached hydrogen (secondary N) is 2. The zero-order valence-electron chi connectivity index (χ0n) is 11.1. The summed E-state index contributed by atoms with van der Waals surface area (Å²) in [6.07, 6.45) is 1.70. The van der Waals surface area contributed by atoms with Gasteiger partial charge in [0.05, 0.1) is 24.3 Å². The van der Waals surface area contributed by atoms with Crippen LogP contribution in [-0.4, -0.2) is 43.2 Å². The molecule has 1 unspecified atom stereocenters. The van der Waals surface area contributed by atoms with E-state index in [1.54, 1.807) is 12.3 Å². The third-order valence-corrected chi connectivity index (χ3v) is 3.38. The molecule has 1 fully saturated rings. The largest absolute Gasteiger partial charge is 0.378 e. The summed E-state index contributed by atoms with van der Waals surface area (Å²) in [5, 5.41) is 7.22. The highest BCUT2D eigenvalue weighted by Gasteiger charge is 2.15. The van der Waals surface area contributed by atoms with E-state index in [1.165, 1.54) is 0 Å². The molecule has 1 aromatic carbocycles. The number of benzene rings is 1. The molecule has 104 valence electrons. The smallest absolute Gasteiger partial charge is 0.253 e. The zero-order chi connectivity index (χ0) is 13.8. The maximum Gasteiger partial charge on any atom is 0.253 e. The Kier molecular flexibility index (Phi) is 3.90. The van der Waals surface area contributed by atoms with Gasteiger partial charge in [-0.15, -0.1) is 0 Å². The number of amides is 1. The van der Waals surface area contributed by atoms with E-state index in [-0.39, 0.29) is 11.9 Å². The lowest BCUT2D eigenvalue weighted by Gasteiger charge is -2.24. The Morgan fingerprint density at radius 3 is 3.15 bits per heavy atom. The number of aromatic nitrogens is 1. The van der Waals surface area contributed by atoms with E-state index in [2.05, 4.69) is 15.6 Å². The van der Waals surface area contributed by atoms with Crippen LogP contribution in [0, 0.1) is 0 Å². The fourth-order valence-corrected chi connectivity index (χ4v) is 2.35. The Morgan fingerprint density at radius 2 is 2.30 bits per heavy atom. The van der Waals surface area contributed by atoms with Crippen molar-refractivity contribution in [3.05, 3.63) is 42.1 Å². The number of rotatable bonds is 3. The fraction of sp³-hybridized carbons (Fsp3) is 0.333. The molecule has 1 aromatic heterocycles. The Balaban J connectivity index is 1.72. The molecule has 0 aliphatic carbocycles. The number of carbonyl (C=O) groups is 1. The number of hydrogen-bond donors (Lipinski definition) is 2. The Morgan fingerprint density at radius 1 is 1.40 bits per heavy atom. The third kappa shape index (κ3) is 2.79. The molecule has 1 saturated heterocycles. The summed E-state index contributed by atoms with van der Waals surface area (Å²) in [7, 11) is 0. The normalized spacial score (nSPS) is 18.9. The summed E-state index contributed by atoms with van der Waals surface area (Å²) in [6.45, 7) is 2.75. The van der Waals surface area contributed by atoms with Crippen molar-refractivity contribution in [3.8, 4) is 0 Å². The van der Waals surface area contributed by atoms with Gasteiger partial charge in [-0.05, 0) is 12.1 Å². The van der Waals surface area contributed by atoms with Gasteiger partial charge in [0.25, 0.3) is 5.91 Å². The average Bonchev–Trinajstić information content (AvgIpc) is 2.53. The number of nitrogens with zero attached hydrogens (tertiary/aromatic N) is 1. The molecule has 2 N–H and O–H groups in total. The molecular formula is C15H17N3O2. The van der Waals surface area contributed by atoms with Crippen molar-refractivity contribution in [1.29, 1.82) is 0 Å². The molecule has 1 aliphatic heterocycles. The van der Waals surface area contributed by atoms with Gasteiger partial charge < -0.3 is 15.4 Å². The second kappa shape index (κ2) is 5.98. The summed E-state index contributed by atoms with van der Waals surface area (Å²) < 4.78 is 5.36. The van der Waals surface area contributed by atoms with Crippen molar-refractivity contribution in [2.45, 2.75) is 6.04 Å². The number of carbonyl (C=O) groups excluding carboxylic acids is 1. The molecule has 2 aromatic rings. The lowest BCUT2D eigenvalue weighted by molar-refractivity contribution is 0.0735. The molecule has 0 saturated carbocycles. The molecule has 2 heterocycles. The summed E-state index contributed by atoms with van der Waals surface area (Å²) in [4.78, 5) is 16.6. The highest BCUT2D eigenvalue weighted by atomic mass is 16.5. The van der Waals surface area contributed by atoms with Gasteiger partial charge in [-0.2, -0.15) is 0 Å². The zero-order valence-corrected chi connectivity index (χ0v) is 11.1. The maximum absolute atomic E-state index is 12.3. The lowest BCUT2D eigenvalue weighted by Crippen LogP contribution is -2.48. The monoisotopic (exact) mass is 271 g/mol. The topological polar surface area (TPSA) is 63.2 Å². The molecule has 3 rings (SSSR count). The van der Waals surface area contributed by atoms with Gasteiger partial charge in [0, 0.05) is 30.7 Å². The van der Waals surface area contributed by atoms with E-state index < -0.39 is 0 Å². The Bertz CT molecular complexity index is 604. The second-order valence-electron chi connectivity index (χ2n) is 4.82. The first-order valence-corrected chi connectivity index (χ1v) is 6.77. The summed E-state index contributed by atoms with van der Waals surface area (Å²) >= 11 is 0. The number of pyridine rings is 1. The number of morpholine rings is 1. The highest BCUT2D eigenvalue weighted by molar-refractivity contribution is 6.05. The summed E-state index contributed by atoms with van der Waals surface area (Å²) in [6, 6.07) is 9.63. The van der Waals surface area contributed by atoms with Crippen molar-refractivity contribution >= 4 is 16.8 Å². The first-order valence-electron chi connectivity index (χ1n) is 6.77. The van der Waals surface area contributed by atoms with Crippen LogP contribution < -0.4 is 10.6 Å². The van der Waals surface area contributed by atoms with Gasteiger partial charge in [0.2, 0.25) is 0 Å². The van der Waals surface area contributed by atoms with Crippen LogP contribution in [0.15, 0.2) is 36.5 Å². The SMILES string of the molecule is O=C(NCC1COCCN1)c1cccc2cccnc12. The number of hydrogen-bond acceptors (Lipinski definition) is 4. The van der Waals surface area contributed by atoms with E-state index >= 15 is 0 Å². The minimum Gasteiger partial charge on any atom is -0.378 e. The van der Waals surface area contributed by atoms with Gasteiger partial charge >= 0.3 is 0 Å². The minimum absolute atomic E-state index is 0.0957. The quantitative estimate of drug-likeness (QED) is 0.872. The highest BCUT2D eigenvalue weighted by Crippen LogP contribution is 2.15. The van der Waals surface area contributed by atoms with Gasteiger partial charge in [-0.25, -0.2) is 0 Å². The molecule has 1 amide bonds. The van der Waals surface area contributed by atoms with Gasteiger partial charge in [-0.1, -0.05) is 18.2 Å². The Hall–Kier alpha value is -1.98. The summed E-state index contributed by atoms with van der Waals surface area (Å²) in [5.74, 6) is -0.0957. The number of para-hydroxylation sites is 1. The molecular weight excluding hydrogens is 254 g/mol. The van der Waals surface area contributed by atoms with Crippen LogP contribution >= 0.6 is 0 Å². The first-order chi connectivity index (χ1) is 9.84. The van der Waals surface area contributed by atoms with Crippen molar-refractivity contribution in [2.75, 3.05) is 26.3 Å². The third-order valence-electron chi connectivity index (χ3n) is 3.38.